The van der Waals surface area contributed by atoms with Crippen LogP contribution in [-0.4, -0.2) is 43.2 Å². The first-order valence-electron chi connectivity index (χ1n) is 4.34. The highest BCUT2D eigenvalue weighted by molar-refractivity contribution is 5.46. The summed E-state index contributed by atoms with van der Waals surface area (Å²) < 4.78 is 5.20. The van der Waals surface area contributed by atoms with E-state index in [0.717, 1.165) is 13.1 Å². The first-order valence-corrected chi connectivity index (χ1v) is 4.34. The molecular formula is C10H13NO2. The van der Waals surface area contributed by atoms with Crippen molar-refractivity contribution in [2.45, 2.75) is 12.5 Å². The van der Waals surface area contributed by atoms with Gasteiger partial charge in [-0.1, -0.05) is 0 Å². The van der Waals surface area contributed by atoms with Crippen molar-refractivity contribution in [1.29, 1.82) is 0 Å². The molecule has 1 rings (SSSR count). The molecule has 0 spiro atoms. The molecule has 1 unspecified atom stereocenters. The zero-order valence-corrected chi connectivity index (χ0v) is 7.53. The molecule has 0 bridgehead atoms. The SMILES string of the molecule is C#CCC(C=C=O)N1CCOCC1. The monoisotopic (exact) mass is 179 g/mol. The van der Waals surface area contributed by atoms with Crippen molar-refractivity contribution in [3.8, 4) is 12.3 Å². The Hall–Kier alpha value is -1.07. The second-order valence-corrected chi connectivity index (χ2v) is 2.91. The van der Waals surface area contributed by atoms with E-state index in [1.54, 1.807) is 5.94 Å². The van der Waals surface area contributed by atoms with Gasteiger partial charge in [-0.25, -0.2) is 4.79 Å². The predicted octanol–water partition coefficient (Wildman–Crippen LogP) is 0.0983. The first-order chi connectivity index (χ1) is 6.38. The summed E-state index contributed by atoms with van der Waals surface area (Å²) in [5, 5.41) is 0. The molecule has 0 aromatic heterocycles. The van der Waals surface area contributed by atoms with Gasteiger partial charge in [-0.2, -0.15) is 0 Å². The number of nitrogens with zero attached hydrogens (tertiary/aromatic N) is 1. The van der Waals surface area contributed by atoms with Crippen LogP contribution in [-0.2, 0) is 9.53 Å². The third kappa shape index (κ3) is 3.04. The largest absolute Gasteiger partial charge is 0.379 e. The number of rotatable bonds is 3. The minimum atomic E-state index is 0.0337. The van der Waals surface area contributed by atoms with Gasteiger partial charge in [-0.15, -0.1) is 12.3 Å². The molecule has 0 N–H and O–H groups in total. The maximum Gasteiger partial charge on any atom is 0.121 e. The molecule has 0 radical (unpaired) electrons. The highest BCUT2D eigenvalue weighted by atomic mass is 16.5. The van der Waals surface area contributed by atoms with Gasteiger partial charge in [0, 0.05) is 31.6 Å². The highest BCUT2D eigenvalue weighted by Gasteiger charge is 2.17. The molecule has 13 heavy (non-hydrogen) atoms. The van der Waals surface area contributed by atoms with E-state index in [1.807, 2.05) is 0 Å². The Kier molecular flexibility index (Phi) is 4.28. The standard InChI is InChI=1S/C10H13NO2/c1-2-3-10(4-7-12)11-5-8-13-9-6-11/h1,4,10H,3,5-6,8-9H2. The molecule has 0 amide bonds. The third-order valence-corrected chi connectivity index (χ3v) is 2.10. The summed E-state index contributed by atoms with van der Waals surface area (Å²) >= 11 is 0. The number of hydrogen-bond acceptors (Lipinski definition) is 3. The molecule has 0 aromatic rings. The molecule has 3 nitrogen and oxygen atoms in total. The molecule has 1 aliphatic heterocycles. The van der Waals surface area contributed by atoms with Crippen LogP contribution in [0.3, 0.4) is 0 Å². The predicted molar refractivity (Wildman–Crippen MR) is 49.9 cm³/mol. The minimum absolute atomic E-state index is 0.0337. The number of hydrogen-bond donors (Lipinski definition) is 0. The Morgan fingerprint density at radius 2 is 2.23 bits per heavy atom. The highest BCUT2D eigenvalue weighted by Crippen LogP contribution is 2.07. The van der Waals surface area contributed by atoms with Gasteiger partial charge in [0.1, 0.15) is 5.94 Å². The van der Waals surface area contributed by atoms with Gasteiger partial charge >= 0.3 is 0 Å². The van der Waals surface area contributed by atoms with Crippen LogP contribution in [0.4, 0.5) is 0 Å². The van der Waals surface area contributed by atoms with Crippen molar-refractivity contribution < 1.29 is 9.53 Å². The molecule has 0 saturated carbocycles. The van der Waals surface area contributed by atoms with E-state index in [9.17, 15) is 4.79 Å². The van der Waals surface area contributed by atoms with Gasteiger partial charge in [-0.05, 0) is 0 Å². The fourth-order valence-electron chi connectivity index (χ4n) is 1.40. The van der Waals surface area contributed by atoms with Crippen molar-refractivity contribution in [3.05, 3.63) is 6.08 Å². The second-order valence-electron chi connectivity index (χ2n) is 2.91. The molecule has 70 valence electrons. The molecule has 0 aliphatic carbocycles. The van der Waals surface area contributed by atoms with E-state index < -0.39 is 0 Å². The van der Waals surface area contributed by atoms with Gasteiger partial charge in [-0.3, -0.25) is 4.90 Å². The summed E-state index contributed by atoms with van der Waals surface area (Å²) in [5.74, 6) is 4.35. The molecule has 3 heteroatoms. The number of terminal acetylenes is 1. The molecule has 1 heterocycles. The molecular weight excluding hydrogens is 166 g/mol. The smallest absolute Gasteiger partial charge is 0.121 e. The van der Waals surface area contributed by atoms with Gasteiger partial charge in [0.05, 0.1) is 13.2 Å². The van der Waals surface area contributed by atoms with Crippen molar-refractivity contribution in [1.82, 2.24) is 4.90 Å². The van der Waals surface area contributed by atoms with Crippen LogP contribution in [0.15, 0.2) is 6.08 Å². The Morgan fingerprint density at radius 1 is 1.54 bits per heavy atom. The normalized spacial score (nSPS) is 19.9. The Bertz CT molecular complexity index is 232. The topological polar surface area (TPSA) is 29.5 Å². The Balaban J connectivity index is 2.52. The minimum Gasteiger partial charge on any atom is -0.379 e. The van der Waals surface area contributed by atoms with Crippen LogP contribution in [0.2, 0.25) is 0 Å². The average molecular weight is 179 g/mol. The molecule has 1 atom stereocenters. The zero-order chi connectivity index (χ0) is 9.52. The van der Waals surface area contributed by atoms with Gasteiger partial charge in [0.2, 0.25) is 0 Å². The number of ether oxygens (including phenoxy) is 1. The van der Waals surface area contributed by atoms with Crippen LogP contribution < -0.4 is 0 Å². The Morgan fingerprint density at radius 3 is 2.77 bits per heavy atom. The summed E-state index contributed by atoms with van der Waals surface area (Å²) in [4.78, 5) is 12.4. The third-order valence-electron chi connectivity index (χ3n) is 2.10. The van der Waals surface area contributed by atoms with E-state index in [2.05, 4.69) is 10.8 Å². The molecule has 1 aliphatic rings. The lowest BCUT2D eigenvalue weighted by Crippen LogP contribution is -2.42. The van der Waals surface area contributed by atoms with Gasteiger partial charge in [0.15, 0.2) is 0 Å². The van der Waals surface area contributed by atoms with Crippen LogP contribution in [0.5, 0.6) is 0 Å². The molecule has 0 aromatic carbocycles. The average Bonchev–Trinajstić information content (AvgIpc) is 2.19. The van der Waals surface area contributed by atoms with E-state index >= 15 is 0 Å². The Labute approximate surface area is 78.4 Å². The van der Waals surface area contributed by atoms with Crippen LogP contribution in [0.1, 0.15) is 6.42 Å². The number of carbonyl (C=O) groups excluding carboxylic acids is 1. The van der Waals surface area contributed by atoms with Crippen molar-refractivity contribution >= 4 is 5.94 Å². The fourth-order valence-corrected chi connectivity index (χ4v) is 1.40. The lowest BCUT2D eigenvalue weighted by Gasteiger charge is -2.31. The van der Waals surface area contributed by atoms with Crippen LogP contribution in [0, 0.1) is 12.3 Å². The zero-order valence-electron chi connectivity index (χ0n) is 7.53. The van der Waals surface area contributed by atoms with Crippen molar-refractivity contribution in [2.24, 2.45) is 0 Å². The quantitative estimate of drug-likeness (QED) is 0.454. The van der Waals surface area contributed by atoms with E-state index in [-0.39, 0.29) is 6.04 Å². The fraction of sp³-hybridized carbons (Fsp3) is 0.600. The van der Waals surface area contributed by atoms with Crippen LogP contribution >= 0.6 is 0 Å². The van der Waals surface area contributed by atoms with Crippen molar-refractivity contribution in [3.63, 3.8) is 0 Å². The summed E-state index contributed by atoms with van der Waals surface area (Å²) in [7, 11) is 0. The summed E-state index contributed by atoms with van der Waals surface area (Å²) in [6.45, 7) is 3.11. The van der Waals surface area contributed by atoms with Crippen LogP contribution in [0.25, 0.3) is 0 Å². The molecule has 1 saturated heterocycles. The summed E-state index contributed by atoms with van der Waals surface area (Å²) in [5.41, 5.74) is 0. The van der Waals surface area contributed by atoms with Gasteiger partial charge in [0.25, 0.3) is 0 Å². The van der Waals surface area contributed by atoms with Gasteiger partial charge < -0.3 is 4.74 Å². The maximum atomic E-state index is 10.2. The van der Waals surface area contributed by atoms with Crippen molar-refractivity contribution in [2.75, 3.05) is 26.3 Å². The lowest BCUT2D eigenvalue weighted by atomic mass is 10.1. The number of morpholine rings is 1. The van der Waals surface area contributed by atoms with E-state index in [0.29, 0.717) is 19.6 Å². The summed E-state index contributed by atoms with van der Waals surface area (Å²) in [6.07, 6.45) is 7.26. The van der Waals surface area contributed by atoms with E-state index in [4.69, 9.17) is 11.2 Å². The second kappa shape index (κ2) is 5.55. The summed E-state index contributed by atoms with van der Waals surface area (Å²) in [6, 6.07) is 0.0337. The van der Waals surface area contributed by atoms with E-state index in [1.165, 1.54) is 6.08 Å². The lowest BCUT2D eigenvalue weighted by molar-refractivity contribution is 0.0266. The maximum absolute atomic E-state index is 10.2. The molecule has 1 fully saturated rings. The first kappa shape index (κ1) is 10.0.